The molecule has 0 bridgehead atoms. The predicted molar refractivity (Wildman–Crippen MR) is 52.9 cm³/mol. The molecule has 2 nitrogen and oxygen atoms in total. The minimum absolute atomic E-state index is 0.348. The summed E-state index contributed by atoms with van der Waals surface area (Å²) in [6.07, 6.45) is -4.05. The lowest BCUT2D eigenvalue weighted by molar-refractivity contribution is -0.138. The lowest BCUT2D eigenvalue weighted by Gasteiger charge is -2.11. The van der Waals surface area contributed by atoms with E-state index in [0.717, 1.165) is 12.1 Å². The second-order valence-corrected chi connectivity index (χ2v) is 3.28. The number of rotatable bonds is 2. The number of aliphatic carboxylic acids is 1. The summed E-state index contributed by atoms with van der Waals surface area (Å²) >= 11 is 5.49. The molecule has 1 rings (SSSR count). The maximum absolute atomic E-state index is 12.5. The zero-order valence-corrected chi connectivity index (χ0v) is 8.51. The Kier molecular flexibility index (Phi) is 3.59. The van der Waals surface area contributed by atoms with Crippen LogP contribution in [0.4, 0.5) is 13.2 Å². The monoisotopic (exact) mass is 250 g/mol. The van der Waals surface area contributed by atoms with Crippen LogP contribution in [-0.2, 0) is 11.0 Å². The Labute approximate surface area is 94.0 Å². The Bertz CT molecular complexity index is 438. The summed E-state index contributed by atoms with van der Waals surface area (Å²) in [7, 11) is 0. The van der Waals surface area contributed by atoms with Crippen LogP contribution in [0.2, 0.25) is 0 Å². The summed E-state index contributed by atoms with van der Waals surface area (Å²) in [4.78, 5) is 10.3. The van der Waals surface area contributed by atoms with Crippen LogP contribution in [-0.4, -0.2) is 11.1 Å². The Balaban J connectivity index is 3.29. The third kappa shape index (κ3) is 3.00. The molecule has 0 aromatic heterocycles. The number of alkyl halides is 3. The fourth-order valence-electron chi connectivity index (χ4n) is 1.12. The first-order valence-corrected chi connectivity index (χ1v) is 4.47. The van der Waals surface area contributed by atoms with Crippen molar-refractivity contribution in [2.75, 3.05) is 0 Å². The minimum atomic E-state index is -4.57. The molecule has 86 valence electrons. The topological polar surface area (TPSA) is 37.3 Å². The molecule has 0 spiro atoms. The molecule has 1 aromatic rings. The van der Waals surface area contributed by atoms with Gasteiger partial charge in [0, 0.05) is 11.6 Å². The molecule has 0 saturated heterocycles. The Morgan fingerprint density at radius 3 is 2.38 bits per heavy atom. The zero-order valence-electron chi connectivity index (χ0n) is 7.75. The van der Waals surface area contributed by atoms with E-state index in [0.29, 0.717) is 6.08 Å². The van der Waals surface area contributed by atoms with Gasteiger partial charge in [-0.3, -0.25) is 0 Å². The number of carboxylic acids is 1. The number of halogens is 4. The molecule has 0 aliphatic carbocycles. The van der Waals surface area contributed by atoms with Crippen LogP contribution in [0.15, 0.2) is 30.3 Å². The van der Waals surface area contributed by atoms with Crippen molar-refractivity contribution in [2.45, 2.75) is 6.18 Å². The molecule has 0 saturated carbocycles. The van der Waals surface area contributed by atoms with Gasteiger partial charge in [0.25, 0.3) is 0 Å². The van der Waals surface area contributed by atoms with E-state index >= 15 is 0 Å². The third-order valence-corrected chi connectivity index (χ3v) is 2.05. The second kappa shape index (κ2) is 4.57. The van der Waals surface area contributed by atoms with E-state index in [9.17, 15) is 18.0 Å². The fourth-order valence-corrected chi connectivity index (χ4v) is 1.38. The van der Waals surface area contributed by atoms with Crippen LogP contribution < -0.4 is 0 Å². The first-order chi connectivity index (χ1) is 7.32. The summed E-state index contributed by atoms with van der Waals surface area (Å²) in [6, 6.07) is 4.51. The van der Waals surface area contributed by atoms with Crippen molar-refractivity contribution < 1.29 is 23.1 Å². The lowest BCUT2D eigenvalue weighted by Crippen LogP contribution is -2.08. The normalized spacial score (nSPS) is 12.6. The second-order valence-electron chi connectivity index (χ2n) is 2.87. The molecule has 0 fully saturated rings. The van der Waals surface area contributed by atoms with Gasteiger partial charge in [-0.15, -0.1) is 0 Å². The summed E-state index contributed by atoms with van der Waals surface area (Å²) < 4.78 is 37.5. The van der Waals surface area contributed by atoms with E-state index in [2.05, 4.69) is 0 Å². The van der Waals surface area contributed by atoms with Gasteiger partial charge in [-0.25, -0.2) is 4.79 Å². The first-order valence-electron chi connectivity index (χ1n) is 4.09. The molecule has 0 aliphatic rings. The predicted octanol–water partition coefficient (Wildman–Crippen LogP) is 3.37. The molecule has 16 heavy (non-hydrogen) atoms. The van der Waals surface area contributed by atoms with Gasteiger partial charge in [0.15, 0.2) is 0 Å². The van der Waals surface area contributed by atoms with E-state index in [1.165, 1.54) is 12.1 Å². The SMILES string of the molecule is O=C(O)/C=C(/Cl)c1ccccc1C(F)(F)F. The molecule has 0 unspecified atom stereocenters. The van der Waals surface area contributed by atoms with Gasteiger partial charge in [0.1, 0.15) is 0 Å². The number of hydrogen-bond acceptors (Lipinski definition) is 1. The van der Waals surface area contributed by atoms with Crippen molar-refractivity contribution in [2.24, 2.45) is 0 Å². The molecule has 6 heteroatoms. The van der Waals surface area contributed by atoms with Crippen molar-refractivity contribution in [3.8, 4) is 0 Å². The van der Waals surface area contributed by atoms with Crippen LogP contribution in [0.1, 0.15) is 11.1 Å². The average Bonchev–Trinajstić information content (AvgIpc) is 2.15. The highest BCUT2D eigenvalue weighted by Crippen LogP contribution is 2.35. The van der Waals surface area contributed by atoms with Crippen LogP contribution in [0.3, 0.4) is 0 Å². The molecule has 0 amide bonds. The number of benzene rings is 1. The van der Waals surface area contributed by atoms with E-state index in [1.54, 1.807) is 0 Å². The summed E-state index contributed by atoms with van der Waals surface area (Å²) in [5.41, 5.74) is -1.31. The zero-order chi connectivity index (χ0) is 12.3. The van der Waals surface area contributed by atoms with E-state index in [-0.39, 0.29) is 5.56 Å². The highest BCUT2D eigenvalue weighted by atomic mass is 35.5. The van der Waals surface area contributed by atoms with Gasteiger partial charge >= 0.3 is 12.1 Å². The molecule has 0 radical (unpaired) electrons. The maximum atomic E-state index is 12.5. The van der Waals surface area contributed by atoms with E-state index in [4.69, 9.17) is 16.7 Å². The molecular formula is C10H6ClF3O2. The van der Waals surface area contributed by atoms with Gasteiger partial charge in [0.2, 0.25) is 0 Å². The largest absolute Gasteiger partial charge is 0.478 e. The Morgan fingerprint density at radius 1 is 1.31 bits per heavy atom. The summed E-state index contributed by atoms with van der Waals surface area (Å²) in [6.45, 7) is 0. The van der Waals surface area contributed by atoms with Crippen molar-refractivity contribution in [3.63, 3.8) is 0 Å². The smallest absolute Gasteiger partial charge is 0.417 e. The number of carboxylic acid groups (broad SMARTS) is 1. The van der Waals surface area contributed by atoms with Crippen molar-refractivity contribution in [1.82, 2.24) is 0 Å². The van der Waals surface area contributed by atoms with E-state index in [1.807, 2.05) is 0 Å². The van der Waals surface area contributed by atoms with E-state index < -0.39 is 22.7 Å². The molecular weight excluding hydrogens is 245 g/mol. The summed E-state index contributed by atoms with van der Waals surface area (Å²) in [5, 5.41) is 7.94. The first kappa shape index (κ1) is 12.6. The highest BCUT2D eigenvalue weighted by Gasteiger charge is 2.33. The van der Waals surface area contributed by atoms with Crippen LogP contribution in [0.25, 0.3) is 5.03 Å². The minimum Gasteiger partial charge on any atom is -0.478 e. The fraction of sp³-hybridized carbons (Fsp3) is 0.100. The highest BCUT2D eigenvalue weighted by molar-refractivity contribution is 6.50. The quantitative estimate of drug-likeness (QED) is 0.817. The molecule has 1 aromatic carbocycles. The lowest BCUT2D eigenvalue weighted by atomic mass is 10.1. The van der Waals surface area contributed by atoms with Crippen LogP contribution in [0.5, 0.6) is 0 Å². The summed E-state index contributed by atoms with van der Waals surface area (Å²) in [5.74, 6) is -1.40. The van der Waals surface area contributed by atoms with Crippen LogP contribution in [0, 0.1) is 0 Å². The standard InChI is InChI=1S/C10H6ClF3O2/c11-8(5-9(15)16)6-3-1-2-4-7(6)10(12,13)14/h1-5H,(H,15,16)/b8-5+. The maximum Gasteiger partial charge on any atom is 0.417 e. The molecule has 0 aliphatic heterocycles. The van der Waals surface area contributed by atoms with Crippen LogP contribution >= 0.6 is 11.6 Å². The molecule has 0 atom stereocenters. The van der Waals surface area contributed by atoms with Crippen molar-refractivity contribution >= 4 is 22.6 Å². The average molecular weight is 251 g/mol. The number of hydrogen-bond donors (Lipinski definition) is 1. The third-order valence-electron chi connectivity index (χ3n) is 1.74. The van der Waals surface area contributed by atoms with Gasteiger partial charge in [-0.1, -0.05) is 29.8 Å². The van der Waals surface area contributed by atoms with Crippen molar-refractivity contribution in [3.05, 3.63) is 41.5 Å². The van der Waals surface area contributed by atoms with Gasteiger partial charge in [0.05, 0.1) is 10.6 Å². The van der Waals surface area contributed by atoms with Gasteiger partial charge < -0.3 is 5.11 Å². The molecule has 1 N–H and O–H groups in total. The molecule has 0 heterocycles. The van der Waals surface area contributed by atoms with Gasteiger partial charge in [-0.05, 0) is 6.07 Å². The van der Waals surface area contributed by atoms with Gasteiger partial charge in [-0.2, -0.15) is 13.2 Å². The number of carbonyl (C=O) groups is 1. The van der Waals surface area contributed by atoms with Crippen molar-refractivity contribution in [1.29, 1.82) is 0 Å². The Hall–Kier alpha value is -1.49. The Morgan fingerprint density at radius 2 is 1.88 bits per heavy atom.